The molecule has 0 bridgehead atoms. The summed E-state index contributed by atoms with van der Waals surface area (Å²) in [5, 5.41) is 11.3. The van der Waals surface area contributed by atoms with Gasteiger partial charge >= 0.3 is 5.97 Å². The lowest BCUT2D eigenvalue weighted by Crippen LogP contribution is -2.24. The van der Waals surface area contributed by atoms with E-state index in [0.717, 1.165) is 12.8 Å². The lowest BCUT2D eigenvalue weighted by atomic mass is 10.1. The largest absolute Gasteiger partial charge is 0.481 e. The summed E-state index contributed by atoms with van der Waals surface area (Å²) < 4.78 is 65.0. The highest BCUT2D eigenvalue weighted by Gasteiger charge is 2.07. The smallest absolute Gasteiger partial charge is 0.305 e. The minimum atomic E-state index is -0.879. The zero-order chi connectivity index (χ0) is 38.6. The van der Waals surface area contributed by atoms with Gasteiger partial charge in [0.15, 0.2) is 0 Å². The third-order valence-electron chi connectivity index (χ3n) is 6.78. The second-order valence-corrected chi connectivity index (χ2v) is 11.3. The number of carboxylic acid groups (broad SMARTS) is 1. The summed E-state index contributed by atoms with van der Waals surface area (Å²) in [5.41, 5.74) is 0. The van der Waals surface area contributed by atoms with Crippen LogP contribution in [0.25, 0.3) is 0 Å². The van der Waals surface area contributed by atoms with Gasteiger partial charge < -0.3 is 67.3 Å². The van der Waals surface area contributed by atoms with Crippen molar-refractivity contribution in [1.29, 1.82) is 0 Å². The van der Waals surface area contributed by atoms with E-state index in [-0.39, 0.29) is 37.6 Å². The van der Waals surface area contributed by atoms with E-state index in [2.05, 4.69) is 12.2 Å². The van der Waals surface area contributed by atoms with Crippen LogP contribution in [0.1, 0.15) is 51.9 Å². The SMILES string of the molecule is CCCCNC(=O)CCC(=O)CCCOCCOCCOCCOCCOCCOCCOCCOCCOCCOCCOCCOCCC(=O)O. The van der Waals surface area contributed by atoms with Crippen LogP contribution < -0.4 is 5.32 Å². The number of carboxylic acids is 1. The van der Waals surface area contributed by atoms with E-state index < -0.39 is 5.97 Å². The van der Waals surface area contributed by atoms with Crippen molar-refractivity contribution in [2.24, 2.45) is 0 Å². The van der Waals surface area contributed by atoms with Crippen molar-refractivity contribution in [3.8, 4) is 0 Å². The molecular formula is C36H69NO16. The second kappa shape index (κ2) is 44.5. The Labute approximate surface area is 316 Å². The maximum Gasteiger partial charge on any atom is 0.305 e. The molecule has 0 unspecified atom stereocenters. The summed E-state index contributed by atoms with van der Waals surface area (Å²) >= 11 is 0. The van der Waals surface area contributed by atoms with Gasteiger partial charge in [0.1, 0.15) is 5.78 Å². The third-order valence-corrected chi connectivity index (χ3v) is 6.78. The van der Waals surface area contributed by atoms with E-state index in [1.165, 1.54) is 0 Å². The first-order chi connectivity index (χ1) is 26.1. The highest BCUT2D eigenvalue weighted by atomic mass is 16.6. The number of ketones is 1. The number of hydrogen-bond donors (Lipinski definition) is 2. The molecule has 0 aliphatic carbocycles. The molecule has 0 heterocycles. The summed E-state index contributed by atoms with van der Waals surface area (Å²) in [6, 6.07) is 0. The van der Waals surface area contributed by atoms with E-state index in [9.17, 15) is 14.4 Å². The second-order valence-electron chi connectivity index (χ2n) is 11.3. The maximum atomic E-state index is 11.9. The molecule has 0 saturated carbocycles. The van der Waals surface area contributed by atoms with Crippen LogP contribution >= 0.6 is 0 Å². The number of carbonyl (C=O) groups is 3. The van der Waals surface area contributed by atoms with Crippen molar-refractivity contribution in [2.45, 2.75) is 51.9 Å². The monoisotopic (exact) mass is 771 g/mol. The highest BCUT2D eigenvalue weighted by molar-refractivity contribution is 5.84. The topological polar surface area (TPSA) is 194 Å². The first-order valence-corrected chi connectivity index (χ1v) is 19.0. The van der Waals surface area contributed by atoms with Crippen molar-refractivity contribution < 1.29 is 76.3 Å². The lowest BCUT2D eigenvalue weighted by molar-refractivity contribution is -0.138. The molecule has 2 N–H and O–H groups in total. The highest BCUT2D eigenvalue weighted by Crippen LogP contribution is 2.00. The molecule has 0 aliphatic heterocycles. The molecule has 0 atom stereocenters. The van der Waals surface area contributed by atoms with Gasteiger partial charge in [0.2, 0.25) is 5.91 Å². The number of aliphatic carboxylic acids is 1. The van der Waals surface area contributed by atoms with Crippen LogP contribution in [-0.2, 0) is 71.2 Å². The normalized spacial score (nSPS) is 11.3. The molecule has 17 heteroatoms. The zero-order valence-electron chi connectivity index (χ0n) is 32.2. The third kappa shape index (κ3) is 46.2. The van der Waals surface area contributed by atoms with Gasteiger partial charge in [0, 0.05) is 32.4 Å². The molecule has 53 heavy (non-hydrogen) atoms. The van der Waals surface area contributed by atoms with Crippen LogP contribution in [0.15, 0.2) is 0 Å². The molecule has 0 aliphatic rings. The Morgan fingerprint density at radius 3 is 0.981 bits per heavy atom. The van der Waals surface area contributed by atoms with Gasteiger partial charge in [-0.2, -0.15) is 0 Å². The lowest BCUT2D eigenvalue weighted by Gasteiger charge is -2.09. The molecule has 0 radical (unpaired) electrons. The van der Waals surface area contributed by atoms with Gasteiger partial charge in [-0.1, -0.05) is 13.3 Å². The molecule has 0 aromatic heterocycles. The molecule has 17 nitrogen and oxygen atoms in total. The molecule has 0 aromatic rings. The van der Waals surface area contributed by atoms with Crippen LogP contribution in [0, 0.1) is 0 Å². The Morgan fingerprint density at radius 2 is 0.679 bits per heavy atom. The number of nitrogens with one attached hydrogen (secondary N) is 1. The molecule has 1 amide bonds. The number of hydrogen-bond acceptors (Lipinski definition) is 15. The van der Waals surface area contributed by atoms with Gasteiger partial charge in [0.25, 0.3) is 0 Å². The van der Waals surface area contributed by atoms with Crippen molar-refractivity contribution in [3.05, 3.63) is 0 Å². The first kappa shape index (κ1) is 51.1. The molecular weight excluding hydrogens is 702 g/mol. The molecule has 0 spiro atoms. The van der Waals surface area contributed by atoms with Gasteiger partial charge in [-0.3, -0.25) is 14.4 Å². The first-order valence-electron chi connectivity index (χ1n) is 19.0. The van der Waals surface area contributed by atoms with E-state index in [4.69, 9.17) is 61.9 Å². The van der Waals surface area contributed by atoms with Crippen molar-refractivity contribution in [3.63, 3.8) is 0 Å². The van der Waals surface area contributed by atoms with Crippen molar-refractivity contribution >= 4 is 17.7 Å². The maximum absolute atomic E-state index is 11.9. The quantitative estimate of drug-likeness (QED) is 0.0849. The summed E-state index contributed by atoms with van der Waals surface area (Å²) in [6.45, 7) is 13.6. The zero-order valence-corrected chi connectivity index (χ0v) is 32.2. The number of rotatable bonds is 46. The minimum Gasteiger partial charge on any atom is -0.481 e. The predicted octanol–water partition coefficient (Wildman–Crippen LogP) is 1.71. The molecule has 0 aromatic carbocycles. The molecule has 0 fully saturated rings. The summed E-state index contributed by atoms with van der Waals surface area (Å²) in [7, 11) is 0. The van der Waals surface area contributed by atoms with E-state index in [1.54, 1.807) is 0 Å². The van der Waals surface area contributed by atoms with Crippen LogP contribution in [0.3, 0.4) is 0 Å². The number of Topliss-reactive ketones (excluding diaryl/α,β-unsaturated/α-hetero) is 1. The van der Waals surface area contributed by atoms with Crippen LogP contribution in [-0.4, -0.2) is 188 Å². The molecule has 314 valence electrons. The number of carbonyl (C=O) groups excluding carboxylic acids is 2. The van der Waals surface area contributed by atoms with Gasteiger partial charge in [0.05, 0.1) is 158 Å². The van der Waals surface area contributed by atoms with Gasteiger partial charge in [-0.15, -0.1) is 0 Å². The summed E-state index contributed by atoms with van der Waals surface area (Å²) in [6.07, 6.45) is 3.58. The standard InChI is InChI=1S/C36H69NO16/c1-2-3-9-37-35(39)7-6-34(38)5-4-10-42-12-14-44-16-18-46-20-22-48-24-26-50-28-30-52-32-33-53-31-29-51-27-25-49-23-21-47-19-17-45-15-13-43-11-8-36(40)41/h2-33H2,1H3,(H,37,39)(H,40,41). The number of amides is 1. The van der Waals surface area contributed by atoms with Crippen molar-refractivity contribution in [1.82, 2.24) is 5.32 Å². The fraction of sp³-hybridized carbons (Fsp3) is 0.917. The number of unbranched alkanes of at least 4 members (excludes halogenated alkanes) is 1. The average molecular weight is 772 g/mol. The minimum absolute atomic E-state index is 0.00759. The number of ether oxygens (including phenoxy) is 12. The van der Waals surface area contributed by atoms with E-state index >= 15 is 0 Å². The van der Waals surface area contributed by atoms with Gasteiger partial charge in [-0.25, -0.2) is 0 Å². The van der Waals surface area contributed by atoms with Crippen molar-refractivity contribution in [2.75, 3.05) is 165 Å². The fourth-order valence-corrected chi connectivity index (χ4v) is 3.92. The van der Waals surface area contributed by atoms with E-state index in [1.807, 2.05) is 0 Å². The van der Waals surface area contributed by atoms with Gasteiger partial charge in [-0.05, 0) is 12.8 Å². The molecule has 0 rings (SSSR count). The summed E-state index contributed by atoms with van der Waals surface area (Å²) in [4.78, 5) is 33.8. The fourth-order valence-electron chi connectivity index (χ4n) is 3.92. The predicted molar refractivity (Wildman–Crippen MR) is 193 cm³/mol. The Hall–Kier alpha value is -1.87. The molecule has 0 saturated heterocycles. The average Bonchev–Trinajstić information content (AvgIpc) is 3.15. The Morgan fingerprint density at radius 1 is 0.377 bits per heavy atom. The Bertz CT molecular complexity index is 795. The summed E-state index contributed by atoms with van der Waals surface area (Å²) in [5.74, 6) is -0.850. The van der Waals surface area contributed by atoms with E-state index in [0.29, 0.717) is 171 Å². The van der Waals surface area contributed by atoms with Crippen LogP contribution in [0.2, 0.25) is 0 Å². The Kier molecular flexibility index (Phi) is 43.0. The Balaban J connectivity index is 3.13. The van der Waals surface area contributed by atoms with Crippen LogP contribution in [0.5, 0.6) is 0 Å². The van der Waals surface area contributed by atoms with Crippen LogP contribution in [0.4, 0.5) is 0 Å².